The predicted octanol–water partition coefficient (Wildman–Crippen LogP) is 4.71. The summed E-state index contributed by atoms with van der Waals surface area (Å²) in [6.45, 7) is 11.7. The fraction of sp³-hybridized carbons (Fsp3) is 0.241. The Morgan fingerprint density at radius 1 is 1.19 bits per heavy atom. The van der Waals surface area contributed by atoms with Gasteiger partial charge in [0.2, 0.25) is 0 Å². The lowest BCUT2D eigenvalue weighted by Gasteiger charge is -2.33. The maximum atomic E-state index is 13.6. The lowest BCUT2D eigenvalue weighted by molar-refractivity contribution is -0.112. The van der Waals surface area contributed by atoms with Crippen LogP contribution in [-0.2, 0) is 17.8 Å². The lowest BCUT2D eigenvalue weighted by Crippen LogP contribution is -2.45. The number of aldehydes is 1. The van der Waals surface area contributed by atoms with Crippen molar-refractivity contribution in [2.75, 3.05) is 14.1 Å². The van der Waals surface area contributed by atoms with Crippen molar-refractivity contribution >= 4 is 29.8 Å². The number of carbonyl (C=O) groups is 2. The van der Waals surface area contributed by atoms with E-state index in [-0.39, 0.29) is 11.6 Å². The van der Waals surface area contributed by atoms with E-state index < -0.39 is 6.04 Å². The molecule has 3 rings (SSSR count). The Balaban J connectivity index is 0.00000145. The van der Waals surface area contributed by atoms with E-state index in [0.29, 0.717) is 24.5 Å². The van der Waals surface area contributed by atoms with Crippen molar-refractivity contribution < 1.29 is 9.59 Å². The van der Waals surface area contributed by atoms with Crippen LogP contribution in [0.25, 0.3) is 11.4 Å². The third-order valence-electron chi connectivity index (χ3n) is 5.41. The molecule has 1 N–H and O–H groups in total. The van der Waals surface area contributed by atoms with Crippen molar-refractivity contribution in [3.63, 3.8) is 0 Å². The van der Waals surface area contributed by atoms with Gasteiger partial charge in [0.15, 0.2) is 5.69 Å². The van der Waals surface area contributed by atoms with E-state index in [1.54, 1.807) is 40.1 Å². The number of nitrogens with zero attached hydrogens (tertiary/aromatic N) is 4. The number of hydrogen-bond acceptors (Lipinski definition) is 5. The molecule has 2 aromatic rings. The van der Waals surface area contributed by atoms with E-state index in [1.165, 1.54) is 0 Å². The monoisotopic (exact) mass is 485 g/mol. The third-order valence-corrected chi connectivity index (χ3v) is 5.41. The van der Waals surface area contributed by atoms with Gasteiger partial charge in [-0.25, -0.2) is 9.67 Å². The number of fused-ring (bicyclic) bond motifs is 1. The van der Waals surface area contributed by atoms with Crippen LogP contribution in [-0.4, -0.2) is 53.2 Å². The Kier molecular flexibility index (Phi) is 11.2. The van der Waals surface area contributed by atoms with Crippen molar-refractivity contribution in [3.8, 4) is 0 Å². The molecule has 1 aromatic carbocycles. The first-order valence-corrected chi connectivity index (χ1v) is 11.8. The molecule has 0 radical (unpaired) electrons. The molecule has 1 aliphatic rings. The Labute approximate surface area is 213 Å². The highest BCUT2D eigenvalue weighted by Gasteiger charge is 2.32. The summed E-state index contributed by atoms with van der Waals surface area (Å²) < 4.78 is 1.61. The molecule has 0 fully saturated rings. The maximum absolute atomic E-state index is 13.6. The number of rotatable bonds is 8. The van der Waals surface area contributed by atoms with Gasteiger partial charge in [0.05, 0.1) is 11.7 Å². The zero-order valence-corrected chi connectivity index (χ0v) is 21.5. The molecule has 1 atom stereocenters. The van der Waals surface area contributed by atoms with Crippen molar-refractivity contribution in [2.24, 2.45) is 4.99 Å². The first-order chi connectivity index (χ1) is 17.5. The van der Waals surface area contributed by atoms with Crippen LogP contribution in [0.4, 0.5) is 0 Å². The van der Waals surface area contributed by atoms with Crippen molar-refractivity contribution in [3.05, 3.63) is 102 Å². The van der Waals surface area contributed by atoms with Crippen LogP contribution in [0.2, 0.25) is 0 Å². The average molecular weight is 486 g/mol. The Bertz CT molecular complexity index is 1200. The van der Waals surface area contributed by atoms with Crippen molar-refractivity contribution in [2.45, 2.75) is 32.9 Å². The second-order valence-electron chi connectivity index (χ2n) is 7.95. The van der Waals surface area contributed by atoms with Gasteiger partial charge in [-0.05, 0) is 56.8 Å². The largest absolute Gasteiger partial charge is 0.323 e. The van der Waals surface area contributed by atoms with E-state index in [4.69, 9.17) is 0 Å². The quantitative estimate of drug-likeness (QED) is 0.334. The molecule has 0 spiro atoms. The highest BCUT2D eigenvalue weighted by atomic mass is 16.2. The molecular weight excluding hydrogens is 450 g/mol. The van der Waals surface area contributed by atoms with Crippen molar-refractivity contribution in [1.82, 2.24) is 20.0 Å². The molecule has 7 heteroatoms. The summed E-state index contributed by atoms with van der Waals surface area (Å²) in [4.78, 5) is 31.4. The SMILES string of the molecule is C=C/C=N\C(=C/C)n1nc(C(=O)N2Cc3ccccc3C[C@H]2C=O)cc1/C(C=C)=C/C=C\C.CNC. The highest BCUT2D eigenvalue weighted by Crippen LogP contribution is 2.26. The van der Waals surface area contributed by atoms with Crippen LogP contribution >= 0.6 is 0 Å². The summed E-state index contributed by atoms with van der Waals surface area (Å²) in [6.07, 6.45) is 13.7. The smallest absolute Gasteiger partial charge is 0.275 e. The Hall–Kier alpha value is -4.10. The van der Waals surface area contributed by atoms with Crippen LogP contribution in [0.1, 0.15) is 41.2 Å². The topological polar surface area (TPSA) is 79.6 Å². The van der Waals surface area contributed by atoms with Gasteiger partial charge in [-0.1, -0.05) is 67.8 Å². The molecule has 7 nitrogen and oxygen atoms in total. The fourth-order valence-corrected chi connectivity index (χ4v) is 3.74. The predicted molar refractivity (Wildman–Crippen MR) is 149 cm³/mol. The third kappa shape index (κ3) is 6.73. The number of aromatic nitrogens is 2. The minimum absolute atomic E-state index is 0.234. The Morgan fingerprint density at radius 3 is 2.47 bits per heavy atom. The summed E-state index contributed by atoms with van der Waals surface area (Å²) in [6, 6.07) is 9.04. The van der Waals surface area contributed by atoms with Crippen molar-refractivity contribution in [1.29, 1.82) is 0 Å². The van der Waals surface area contributed by atoms with Gasteiger partial charge in [0.25, 0.3) is 5.91 Å². The number of benzene rings is 1. The molecule has 0 saturated carbocycles. The molecule has 2 heterocycles. The minimum atomic E-state index is -0.543. The molecule has 0 saturated heterocycles. The van der Waals surface area contributed by atoms with E-state index in [9.17, 15) is 9.59 Å². The van der Waals surface area contributed by atoms with Gasteiger partial charge < -0.3 is 15.0 Å². The zero-order chi connectivity index (χ0) is 26.5. The minimum Gasteiger partial charge on any atom is -0.323 e. The molecular formula is C29H35N5O2. The van der Waals surface area contributed by atoms with Gasteiger partial charge in [-0.2, -0.15) is 5.10 Å². The number of carbonyl (C=O) groups excluding carboxylic acids is 2. The number of hydrogen-bond donors (Lipinski definition) is 1. The van der Waals surface area contributed by atoms with Gasteiger partial charge in [-0.3, -0.25) is 4.79 Å². The lowest BCUT2D eigenvalue weighted by atomic mass is 9.94. The summed E-state index contributed by atoms with van der Waals surface area (Å²) in [5, 5.41) is 7.34. The molecule has 1 amide bonds. The summed E-state index contributed by atoms with van der Waals surface area (Å²) >= 11 is 0. The molecule has 188 valence electrons. The normalized spacial score (nSPS) is 15.9. The molecule has 0 bridgehead atoms. The van der Waals surface area contributed by atoms with E-state index in [1.807, 2.05) is 70.4 Å². The summed E-state index contributed by atoms with van der Waals surface area (Å²) in [7, 11) is 3.75. The number of amides is 1. The van der Waals surface area contributed by atoms with Crippen LogP contribution in [0.3, 0.4) is 0 Å². The van der Waals surface area contributed by atoms with Gasteiger partial charge >= 0.3 is 0 Å². The second kappa shape index (κ2) is 14.3. The standard InChI is InChI=1S/C27H28N4O2.C2H7N/c1-5-9-12-20(7-3)25-17-24(29-31(25)26(8-4)28-15-6-2)27(33)30-18-22-14-11-10-13-21(22)16-23(30)19-32;1-3-2/h5-15,17,19,23H,2-3,16,18H2,1,4H3;3H,1-2H3/b9-5-,20-12+,26-8+,28-15-;/t23-;/m0./s1. The van der Waals surface area contributed by atoms with Crippen LogP contribution < -0.4 is 5.32 Å². The first-order valence-electron chi connectivity index (χ1n) is 11.8. The molecule has 0 unspecified atom stereocenters. The van der Waals surface area contributed by atoms with Crippen LogP contribution in [0, 0.1) is 0 Å². The van der Waals surface area contributed by atoms with Crippen LogP contribution in [0.15, 0.2) is 84.9 Å². The van der Waals surface area contributed by atoms with Crippen LogP contribution in [0.5, 0.6) is 0 Å². The number of aliphatic imine (C=N–C) groups is 1. The number of allylic oxidation sites excluding steroid dienone is 7. The van der Waals surface area contributed by atoms with Gasteiger partial charge in [0.1, 0.15) is 12.1 Å². The second-order valence-corrected chi connectivity index (χ2v) is 7.95. The molecule has 0 aliphatic carbocycles. The number of nitrogens with one attached hydrogen (secondary N) is 1. The molecule has 1 aliphatic heterocycles. The molecule has 36 heavy (non-hydrogen) atoms. The summed E-state index contributed by atoms with van der Waals surface area (Å²) in [5.74, 6) is 0.229. The fourth-order valence-electron chi connectivity index (χ4n) is 3.74. The maximum Gasteiger partial charge on any atom is 0.275 e. The average Bonchev–Trinajstić information content (AvgIpc) is 3.34. The molecule has 1 aromatic heterocycles. The van der Waals surface area contributed by atoms with E-state index in [0.717, 1.165) is 23.0 Å². The first kappa shape index (κ1) is 28.1. The van der Waals surface area contributed by atoms with E-state index in [2.05, 4.69) is 28.6 Å². The van der Waals surface area contributed by atoms with Gasteiger partial charge in [-0.15, -0.1) is 0 Å². The highest BCUT2D eigenvalue weighted by molar-refractivity contribution is 5.95. The zero-order valence-electron chi connectivity index (χ0n) is 21.5. The van der Waals surface area contributed by atoms with Gasteiger partial charge in [0, 0.05) is 19.2 Å². The Morgan fingerprint density at radius 2 is 1.89 bits per heavy atom. The summed E-state index contributed by atoms with van der Waals surface area (Å²) in [5.41, 5.74) is 3.80. The van der Waals surface area contributed by atoms with E-state index >= 15 is 0 Å².